The van der Waals surface area contributed by atoms with Gasteiger partial charge < -0.3 is 14.0 Å². The zero-order chi connectivity index (χ0) is 19.8. The minimum absolute atomic E-state index is 0.326. The molecule has 1 aromatic rings. The highest BCUT2D eigenvalue weighted by Crippen LogP contribution is 2.39. The minimum atomic E-state index is -0.508. The summed E-state index contributed by atoms with van der Waals surface area (Å²) in [5.41, 5.74) is 1.14. The van der Waals surface area contributed by atoms with Gasteiger partial charge in [-0.25, -0.2) is 4.79 Å². The van der Waals surface area contributed by atoms with E-state index in [2.05, 4.69) is 12.6 Å². The molecular formula is C20H29BO4S. The summed E-state index contributed by atoms with van der Waals surface area (Å²) < 4.78 is 17.6. The fourth-order valence-corrected chi connectivity index (χ4v) is 2.69. The summed E-state index contributed by atoms with van der Waals surface area (Å²) in [5.74, 6) is 0.193. The first kappa shape index (κ1) is 21.1. The molecule has 1 aliphatic heterocycles. The largest absolute Gasteiger partial charge is 0.491 e. The average molecular weight is 376 g/mol. The van der Waals surface area contributed by atoms with Gasteiger partial charge in [-0.3, -0.25) is 0 Å². The number of hydrogen-bond donors (Lipinski definition) is 1. The summed E-state index contributed by atoms with van der Waals surface area (Å²) >= 11 is 4.43. The fourth-order valence-electron chi connectivity index (χ4n) is 2.45. The molecule has 1 fully saturated rings. The van der Waals surface area contributed by atoms with Gasteiger partial charge in [0.2, 0.25) is 0 Å². The highest BCUT2D eigenvalue weighted by Gasteiger charge is 2.52. The number of rotatable bonds is 4. The Bertz CT molecular complexity index is 671. The monoisotopic (exact) mass is 376 g/mol. The van der Waals surface area contributed by atoms with E-state index in [4.69, 9.17) is 14.0 Å². The molecule has 0 aromatic heterocycles. The Hall–Kier alpha value is -1.24. The lowest BCUT2D eigenvalue weighted by Crippen LogP contribution is -2.41. The van der Waals surface area contributed by atoms with Crippen molar-refractivity contribution in [3.8, 4) is 0 Å². The molecule has 0 radical (unpaired) electrons. The van der Waals surface area contributed by atoms with Crippen LogP contribution >= 0.6 is 12.6 Å². The molecule has 1 saturated heterocycles. The molecule has 1 heterocycles. The van der Waals surface area contributed by atoms with Gasteiger partial charge in [-0.05, 0) is 71.6 Å². The normalized spacial score (nSPS) is 19.5. The molecule has 6 heteroatoms. The third kappa shape index (κ3) is 4.93. The van der Waals surface area contributed by atoms with Crippen molar-refractivity contribution in [2.45, 2.75) is 65.3 Å². The number of carbonyl (C=O) groups excluding carboxylic acids is 1. The summed E-state index contributed by atoms with van der Waals surface area (Å²) in [6.07, 6.45) is 1.99. The molecule has 0 N–H and O–H groups in total. The van der Waals surface area contributed by atoms with E-state index in [1.165, 1.54) is 0 Å². The van der Waals surface area contributed by atoms with E-state index in [1.807, 2.05) is 66.7 Å². The van der Waals surface area contributed by atoms with Crippen molar-refractivity contribution in [3.63, 3.8) is 0 Å². The van der Waals surface area contributed by atoms with Crippen molar-refractivity contribution in [1.29, 1.82) is 0 Å². The molecule has 26 heavy (non-hydrogen) atoms. The Balaban J connectivity index is 2.16. The number of esters is 1. The smallest absolute Gasteiger partial charge is 0.456 e. The summed E-state index contributed by atoms with van der Waals surface area (Å²) in [6, 6.07) is 7.29. The molecule has 0 spiro atoms. The Labute approximate surface area is 162 Å². The number of carbonyl (C=O) groups is 1. The van der Waals surface area contributed by atoms with Crippen LogP contribution in [0.2, 0.25) is 0 Å². The molecule has 0 atom stereocenters. The zero-order valence-electron chi connectivity index (χ0n) is 16.8. The number of hydrogen-bond acceptors (Lipinski definition) is 5. The van der Waals surface area contributed by atoms with Crippen LogP contribution in [0.3, 0.4) is 0 Å². The summed E-state index contributed by atoms with van der Waals surface area (Å²) in [4.78, 5) is 12.1. The van der Waals surface area contributed by atoms with Crippen molar-refractivity contribution in [3.05, 3.63) is 40.9 Å². The topological polar surface area (TPSA) is 44.8 Å². The maximum atomic E-state index is 12.1. The second-order valence-electron chi connectivity index (χ2n) is 8.59. The van der Waals surface area contributed by atoms with Crippen molar-refractivity contribution >= 4 is 31.8 Å². The molecule has 1 aromatic carbocycles. The van der Waals surface area contributed by atoms with Gasteiger partial charge in [-0.2, -0.15) is 12.6 Å². The predicted octanol–water partition coefficient (Wildman–Crippen LogP) is 4.59. The number of thiol groups is 1. The van der Waals surface area contributed by atoms with E-state index < -0.39 is 12.7 Å². The van der Waals surface area contributed by atoms with E-state index in [0.717, 1.165) is 11.0 Å². The molecule has 0 aliphatic carbocycles. The first-order valence-electron chi connectivity index (χ1n) is 8.85. The Kier molecular flexibility index (Phi) is 6.01. The molecule has 0 saturated carbocycles. The van der Waals surface area contributed by atoms with Gasteiger partial charge in [0.15, 0.2) is 0 Å². The van der Waals surface area contributed by atoms with Crippen LogP contribution in [0, 0.1) is 0 Å². The standard InChI is InChI=1S/C20H29BO4S/c1-18(2,3)23-17(22)15-10-8-14(9-11-15)12-16(13-26)21-24-19(4,5)20(6,7)25-21/h8-12,26H,13H2,1-7H3. The lowest BCUT2D eigenvalue weighted by molar-refractivity contribution is 0.00578. The minimum Gasteiger partial charge on any atom is -0.456 e. The molecule has 0 bridgehead atoms. The van der Waals surface area contributed by atoms with E-state index in [0.29, 0.717) is 11.3 Å². The van der Waals surface area contributed by atoms with Crippen molar-refractivity contribution in [2.75, 3.05) is 5.75 Å². The quantitative estimate of drug-likeness (QED) is 0.474. The molecular weight excluding hydrogens is 347 g/mol. The summed E-state index contributed by atoms with van der Waals surface area (Å²) in [7, 11) is -0.428. The Morgan fingerprint density at radius 1 is 1.12 bits per heavy atom. The molecule has 1 aliphatic rings. The Morgan fingerprint density at radius 2 is 1.62 bits per heavy atom. The number of ether oxygens (including phenoxy) is 1. The van der Waals surface area contributed by atoms with Gasteiger partial charge in [-0.1, -0.05) is 18.2 Å². The molecule has 4 nitrogen and oxygen atoms in total. The van der Waals surface area contributed by atoms with Gasteiger partial charge in [0.05, 0.1) is 16.8 Å². The molecule has 2 rings (SSSR count). The van der Waals surface area contributed by atoms with Crippen LogP contribution in [0.4, 0.5) is 0 Å². The lowest BCUT2D eigenvalue weighted by Gasteiger charge is -2.32. The Morgan fingerprint density at radius 3 is 2.04 bits per heavy atom. The van der Waals surface area contributed by atoms with E-state index >= 15 is 0 Å². The van der Waals surface area contributed by atoms with Crippen LogP contribution in [-0.4, -0.2) is 35.6 Å². The van der Waals surface area contributed by atoms with E-state index in [1.54, 1.807) is 12.1 Å². The lowest BCUT2D eigenvalue weighted by atomic mass is 9.78. The van der Waals surface area contributed by atoms with Crippen LogP contribution < -0.4 is 0 Å². The van der Waals surface area contributed by atoms with E-state index in [9.17, 15) is 4.79 Å². The second kappa shape index (κ2) is 7.41. The van der Waals surface area contributed by atoms with E-state index in [-0.39, 0.29) is 17.2 Å². The van der Waals surface area contributed by atoms with Crippen LogP contribution in [0.25, 0.3) is 6.08 Å². The van der Waals surface area contributed by atoms with Gasteiger partial charge in [0.25, 0.3) is 0 Å². The third-order valence-corrected chi connectivity index (χ3v) is 5.00. The third-order valence-electron chi connectivity index (χ3n) is 4.64. The van der Waals surface area contributed by atoms with Gasteiger partial charge in [0, 0.05) is 5.75 Å². The SMILES string of the molecule is CC(C)(C)OC(=O)c1ccc(C=C(CS)B2OC(C)(C)C(C)(C)O2)cc1. The maximum Gasteiger partial charge on any atom is 0.491 e. The molecule has 0 amide bonds. The van der Waals surface area contributed by atoms with Crippen LogP contribution in [0.15, 0.2) is 29.7 Å². The molecule has 142 valence electrons. The van der Waals surface area contributed by atoms with Crippen LogP contribution in [-0.2, 0) is 14.0 Å². The zero-order valence-corrected chi connectivity index (χ0v) is 17.6. The van der Waals surface area contributed by atoms with Crippen LogP contribution in [0.1, 0.15) is 64.4 Å². The highest BCUT2D eigenvalue weighted by atomic mass is 32.1. The van der Waals surface area contributed by atoms with Crippen molar-refractivity contribution < 1.29 is 18.8 Å². The van der Waals surface area contributed by atoms with Gasteiger partial charge in [0.1, 0.15) is 5.60 Å². The first-order chi connectivity index (χ1) is 11.8. The number of benzene rings is 1. The second-order valence-corrected chi connectivity index (χ2v) is 8.91. The molecule has 0 unspecified atom stereocenters. The van der Waals surface area contributed by atoms with Gasteiger partial charge >= 0.3 is 13.1 Å². The maximum absolute atomic E-state index is 12.1. The van der Waals surface area contributed by atoms with Crippen molar-refractivity contribution in [2.24, 2.45) is 0 Å². The predicted molar refractivity (Wildman–Crippen MR) is 110 cm³/mol. The summed E-state index contributed by atoms with van der Waals surface area (Å²) in [6.45, 7) is 13.7. The van der Waals surface area contributed by atoms with Crippen molar-refractivity contribution in [1.82, 2.24) is 0 Å². The summed E-state index contributed by atoms with van der Waals surface area (Å²) in [5, 5.41) is 0. The average Bonchev–Trinajstić information content (AvgIpc) is 2.71. The first-order valence-corrected chi connectivity index (χ1v) is 9.48. The highest BCUT2D eigenvalue weighted by molar-refractivity contribution is 7.80. The van der Waals surface area contributed by atoms with Crippen LogP contribution in [0.5, 0.6) is 0 Å². The van der Waals surface area contributed by atoms with Gasteiger partial charge in [-0.15, -0.1) is 0 Å². The fraction of sp³-hybridized carbons (Fsp3) is 0.550.